The third kappa shape index (κ3) is 3.01. The number of furan rings is 1. The summed E-state index contributed by atoms with van der Waals surface area (Å²) in [4.78, 5) is 4.01. The van der Waals surface area contributed by atoms with Gasteiger partial charge in [-0.1, -0.05) is 29.8 Å². The summed E-state index contributed by atoms with van der Waals surface area (Å²) in [5.41, 5.74) is 1.91. The predicted octanol–water partition coefficient (Wildman–Crippen LogP) is 3.78. The van der Waals surface area contributed by atoms with Crippen LogP contribution in [-0.2, 0) is 13.2 Å². The van der Waals surface area contributed by atoms with Crippen LogP contribution >= 0.6 is 11.6 Å². The van der Waals surface area contributed by atoms with Crippen LogP contribution in [0.15, 0.2) is 47.1 Å². The van der Waals surface area contributed by atoms with Crippen LogP contribution < -0.4 is 10.1 Å². The molecule has 3 aromatic rings. The van der Waals surface area contributed by atoms with Crippen LogP contribution in [0.3, 0.4) is 0 Å². The average molecular weight is 303 g/mol. The van der Waals surface area contributed by atoms with Gasteiger partial charge in [0.2, 0.25) is 0 Å². The molecule has 2 heterocycles. The first-order chi connectivity index (χ1) is 10.3. The van der Waals surface area contributed by atoms with Gasteiger partial charge in [-0.15, -0.1) is 0 Å². The zero-order valence-electron chi connectivity index (χ0n) is 11.6. The molecule has 1 N–H and O–H groups in total. The van der Waals surface area contributed by atoms with E-state index < -0.39 is 0 Å². The summed E-state index contributed by atoms with van der Waals surface area (Å²) in [7, 11) is 1.89. The Morgan fingerprint density at radius 3 is 2.95 bits per heavy atom. The van der Waals surface area contributed by atoms with E-state index in [1.807, 2.05) is 31.3 Å². The number of rotatable bonds is 5. The first kappa shape index (κ1) is 13.9. The third-order valence-corrected chi connectivity index (χ3v) is 3.39. The highest BCUT2D eigenvalue weighted by Crippen LogP contribution is 2.27. The molecule has 0 radical (unpaired) electrons. The SMILES string of the molecule is CNCc1oc2ccccc2c1COc1cncc(Cl)c1. The molecule has 0 fully saturated rings. The van der Waals surface area contributed by atoms with Crippen LogP contribution in [-0.4, -0.2) is 12.0 Å². The highest BCUT2D eigenvalue weighted by molar-refractivity contribution is 6.30. The number of hydrogen-bond acceptors (Lipinski definition) is 4. The van der Waals surface area contributed by atoms with E-state index in [0.29, 0.717) is 23.9 Å². The molecule has 1 aromatic carbocycles. The average Bonchev–Trinajstić information content (AvgIpc) is 2.83. The molecular weight excluding hydrogens is 288 g/mol. The van der Waals surface area contributed by atoms with E-state index in [0.717, 1.165) is 22.3 Å². The van der Waals surface area contributed by atoms with Crippen molar-refractivity contribution in [2.24, 2.45) is 0 Å². The van der Waals surface area contributed by atoms with Gasteiger partial charge in [-0.3, -0.25) is 4.98 Å². The molecule has 5 heteroatoms. The lowest BCUT2D eigenvalue weighted by atomic mass is 10.1. The Bertz CT molecular complexity index is 755. The van der Waals surface area contributed by atoms with E-state index >= 15 is 0 Å². The number of halogens is 1. The molecule has 0 unspecified atom stereocenters. The topological polar surface area (TPSA) is 47.3 Å². The fraction of sp³-hybridized carbons (Fsp3) is 0.188. The Morgan fingerprint density at radius 2 is 2.14 bits per heavy atom. The lowest BCUT2D eigenvalue weighted by Gasteiger charge is -2.06. The quantitative estimate of drug-likeness (QED) is 0.779. The van der Waals surface area contributed by atoms with Crippen molar-refractivity contribution in [2.45, 2.75) is 13.2 Å². The highest BCUT2D eigenvalue weighted by atomic mass is 35.5. The van der Waals surface area contributed by atoms with Crippen LogP contribution in [0.4, 0.5) is 0 Å². The van der Waals surface area contributed by atoms with Gasteiger partial charge in [0.15, 0.2) is 0 Å². The molecule has 3 rings (SSSR count). The number of hydrogen-bond donors (Lipinski definition) is 1. The van der Waals surface area contributed by atoms with Gasteiger partial charge < -0.3 is 14.5 Å². The predicted molar refractivity (Wildman–Crippen MR) is 82.6 cm³/mol. The number of ether oxygens (including phenoxy) is 1. The van der Waals surface area contributed by atoms with Crippen LogP contribution in [0.5, 0.6) is 5.75 Å². The van der Waals surface area contributed by atoms with E-state index in [-0.39, 0.29) is 0 Å². The fourth-order valence-electron chi connectivity index (χ4n) is 2.24. The Balaban J connectivity index is 1.89. The normalized spacial score (nSPS) is 11.0. The number of aromatic nitrogens is 1. The summed E-state index contributed by atoms with van der Waals surface area (Å²) in [6.07, 6.45) is 3.22. The van der Waals surface area contributed by atoms with Gasteiger partial charge in [-0.05, 0) is 13.1 Å². The van der Waals surface area contributed by atoms with E-state index in [1.165, 1.54) is 0 Å². The molecule has 108 valence electrons. The molecule has 0 amide bonds. The Labute approximate surface area is 127 Å². The van der Waals surface area contributed by atoms with Crippen LogP contribution in [0.25, 0.3) is 11.0 Å². The molecule has 0 saturated heterocycles. The van der Waals surface area contributed by atoms with Crippen molar-refractivity contribution in [2.75, 3.05) is 7.05 Å². The van der Waals surface area contributed by atoms with E-state index in [1.54, 1.807) is 18.5 Å². The van der Waals surface area contributed by atoms with Gasteiger partial charge in [-0.25, -0.2) is 0 Å². The number of pyridine rings is 1. The molecule has 0 aliphatic carbocycles. The molecule has 0 bridgehead atoms. The van der Waals surface area contributed by atoms with Gasteiger partial charge in [-0.2, -0.15) is 0 Å². The summed E-state index contributed by atoms with van der Waals surface area (Å²) >= 11 is 5.91. The Hall–Kier alpha value is -2.04. The number of nitrogens with one attached hydrogen (secondary N) is 1. The monoisotopic (exact) mass is 302 g/mol. The van der Waals surface area contributed by atoms with Gasteiger partial charge in [0.1, 0.15) is 23.7 Å². The van der Waals surface area contributed by atoms with Crippen molar-refractivity contribution in [1.82, 2.24) is 10.3 Å². The summed E-state index contributed by atoms with van der Waals surface area (Å²) in [5, 5.41) is 4.73. The van der Waals surface area contributed by atoms with Crippen molar-refractivity contribution in [1.29, 1.82) is 0 Å². The molecular formula is C16H15ClN2O2. The molecule has 0 aliphatic heterocycles. The zero-order valence-corrected chi connectivity index (χ0v) is 12.4. The van der Waals surface area contributed by atoms with Gasteiger partial charge >= 0.3 is 0 Å². The van der Waals surface area contributed by atoms with Gasteiger partial charge in [0.25, 0.3) is 0 Å². The Kier molecular flexibility index (Phi) is 4.08. The summed E-state index contributed by atoms with van der Waals surface area (Å²) in [6, 6.07) is 9.69. The summed E-state index contributed by atoms with van der Waals surface area (Å²) in [6.45, 7) is 1.07. The van der Waals surface area contributed by atoms with Crippen LogP contribution in [0.1, 0.15) is 11.3 Å². The van der Waals surface area contributed by atoms with E-state index in [2.05, 4.69) is 10.3 Å². The van der Waals surface area contributed by atoms with Crippen molar-refractivity contribution in [3.05, 3.63) is 59.1 Å². The molecule has 0 saturated carbocycles. The second-order valence-electron chi connectivity index (χ2n) is 4.66. The van der Waals surface area contributed by atoms with E-state index in [4.69, 9.17) is 20.8 Å². The first-order valence-electron chi connectivity index (χ1n) is 6.65. The zero-order chi connectivity index (χ0) is 14.7. The van der Waals surface area contributed by atoms with Crippen LogP contribution in [0, 0.1) is 0 Å². The van der Waals surface area contributed by atoms with Crippen molar-refractivity contribution in [3.63, 3.8) is 0 Å². The number of nitrogens with zero attached hydrogens (tertiary/aromatic N) is 1. The standard InChI is InChI=1S/C16H15ClN2O2/c1-18-9-16-14(13-4-2-3-5-15(13)21-16)10-20-12-6-11(17)7-19-8-12/h2-8,18H,9-10H2,1H3. The Morgan fingerprint density at radius 1 is 1.29 bits per heavy atom. The number of para-hydroxylation sites is 1. The molecule has 4 nitrogen and oxygen atoms in total. The number of fused-ring (bicyclic) bond motifs is 1. The highest BCUT2D eigenvalue weighted by Gasteiger charge is 2.14. The molecule has 0 spiro atoms. The lowest BCUT2D eigenvalue weighted by Crippen LogP contribution is -2.07. The third-order valence-electron chi connectivity index (χ3n) is 3.18. The maximum Gasteiger partial charge on any atom is 0.139 e. The minimum Gasteiger partial charge on any atom is -0.487 e. The summed E-state index contributed by atoms with van der Waals surface area (Å²) < 4.78 is 11.7. The van der Waals surface area contributed by atoms with Crippen LogP contribution in [0.2, 0.25) is 5.02 Å². The minimum absolute atomic E-state index is 0.413. The smallest absolute Gasteiger partial charge is 0.139 e. The maximum absolute atomic E-state index is 5.91. The molecule has 0 aliphatic rings. The minimum atomic E-state index is 0.413. The largest absolute Gasteiger partial charge is 0.487 e. The molecule has 21 heavy (non-hydrogen) atoms. The van der Waals surface area contributed by atoms with E-state index in [9.17, 15) is 0 Å². The first-order valence-corrected chi connectivity index (χ1v) is 7.03. The van der Waals surface area contributed by atoms with Crippen molar-refractivity contribution < 1.29 is 9.15 Å². The van der Waals surface area contributed by atoms with Crippen molar-refractivity contribution >= 4 is 22.6 Å². The van der Waals surface area contributed by atoms with Gasteiger partial charge in [0.05, 0.1) is 17.8 Å². The van der Waals surface area contributed by atoms with Gasteiger partial charge in [0, 0.05) is 23.2 Å². The second-order valence-corrected chi connectivity index (χ2v) is 5.09. The lowest BCUT2D eigenvalue weighted by molar-refractivity contribution is 0.302. The molecule has 0 atom stereocenters. The molecule has 2 aromatic heterocycles. The second kappa shape index (κ2) is 6.16. The van der Waals surface area contributed by atoms with Crippen molar-refractivity contribution in [3.8, 4) is 5.75 Å². The summed E-state index contributed by atoms with van der Waals surface area (Å²) in [5.74, 6) is 1.52. The maximum atomic E-state index is 5.91. The number of benzene rings is 1. The fourth-order valence-corrected chi connectivity index (χ4v) is 2.40.